The molecular weight excluding hydrogens is 352 g/mol. The van der Waals surface area contributed by atoms with Crippen molar-refractivity contribution in [2.45, 2.75) is 27.3 Å². The summed E-state index contributed by atoms with van der Waals surface area (Å²) < 4.78 is 5.14. The van der Waals surface area contributed by atoms with E-state index in [9.17, 15) is 4.79 Å². The fourth-order valence-corrected chi connectivity index (χ4v) is 2.79. The lowest BCUT2D eigenvalue weighted by Gasteiger charge is -2.12. The van der Waals surface area contributed by atoms with Gasteiger partial charge < -0.3 is 15.4 Å². The molecule has 28 heavy (non-hydrogen) atoms. The van der Waals surface area contributed by atoms with Crippen molar-refractivity contribution in [2.24, 2.45) is 0 Å². The van der Waals surface area contributed by atoms with Crippen LogP contribution in [0.3, 0.4) is 0 Å². The van der Waals surface area contributed by atoms with Crippen LogP contribution in [-0.2, 0) is 6.54 Å². The Morgan fingerprint density at radius 2 is 1.79 bits per heavy atom. The van der Waals surface area contributed by atoms with E-state index in [0.29, 0.717) is 23.9 Å². The van der Waals surface area contributed by atoms with E-state index in [0.717, 1.165) is 22.6 Å². The Labute approximate surface area is 165 Å². The number of carbonyl (C=O) groups excluding carboxylic acids is 1. The van der Waals surface area contributed by atoms with E-state index in [1.807, 2.05) is 43.3 Å². The lowest BCUT2D eigenvalue weighted by Crippen LogP contribution is -2.24. The van der Waals surface area contributed by atoms with Gasteiger partial charge in [0.15, 0.2) is 0 Å². The number of methoxy groups -OCH3 is 1. The van der Waals surface area contributed by atoms with Crippen molar-refractivity contribution in [3.05, 3.63) is 76.7 Å². The highest BCUT2D eigenvalue weighted by Gasteiger charge is 2.11. The summed E-state index contributed by atoms with van der Waals surface area (Å²) >= 11 is 0. The molecule has 0 fully saturated rings. The third kappa shape index (κ3) is 4.65. The van der Waals surface area contributed by atoms with Gasteiger partial charge in [0, 0.05) is 18.3 Å². The average Bonchev–Trinajstić information content (AvgIpc) is 2.69. The van der Waals surface area contributed by atoms with Crippen LogP contribution in [-0.4, -0.2) is 23.0 Å². The van der Waals surface area contributed by atoms with E-state index in [1.165, 1.54) is 5.56 Å². The zero-order valence-corrected chi connectivity index (χ0v) is 16.5. The maximum absolute atomic E-state index is 12.6. The largest absolute Gasteiger partial charge is 0.497 e. The van der Waals surface area contributed by atoms with Crippen molar-refractivity contribution in [3.63, 3.8) is 0 Å². The maximum atomic E-state index is 12.6. The summed E-state index contributed by atoms with van der Waals surface area (Å²) in [6.07, 6.45) is 0. The van der Waals surface area contributed by atoms with Gasteiger partial charge in [-0.25, -0.2) is 9.97 Å². The fourth-order valence-electron chi connectivity index (χ4n) is 2.79. The Kier molecular flexibility index (Phi) is 5.89. The molecule has 0 bridgehead atoms. The first-order chi connectivity index (χ1) is 13.5. The highest BCUT2D eigenvalue weighted by molar-refractivity contribution is 5.93. The quantitative estimate of drug-likeness (QED) is 0.678. The van der Waals surface area contributed by atoms with Crippen LogP contribution in [0, 0.1) is 20.8 Å². The van der Waals surface area contributed by atoms with Gasteiger partial charge in [-0.1, -0.05) is 24.3 Å². The number of aryl methyl sites for hydroxylation is 2. The molecule has 6 nitrogen and oxygen atoms in total. The van der Waals surface area contributed by atoms with Gasteiger partial charge in [-0.2, -0.15) is 0 Å². The predicted molar refractivity (Wildman–Crippen MR) is 110 cm³/mol. The number of ether oxygens (including phenoxy) is 1. The second-order valence-corrected chi connectivity index (χ2v) is 6.59. The molecule has 0 aliphatic heterocycles. The maximum Gasteiger partial charge on any atom is 0.270 e. The molecule has 0 aliphatic carbocycles. The van der Waals surface area contributed by atoms with Crippen LogP contribution in [0.2, 0.25) is 0 Å². The van der Waals surface area contributed by atoms with Gasteiger partial charge in [-0.3, -0.25) is 4.79 Å². The number of carbonyl (C=O) groups is 1. The van der Waals surface area contributed by atoms with Crippen molar-refractivity contribution in [1.82, 2.24) is 15.3 Å². The van der Waals surface area contributed by atoms with Crippen molar-refractivity contribution in [3.8, 4) is 5.75 Å². The van der Waals surface area contributed by atoms with Gasteiger partial charge in [-0.15, -0.1) is 0 Å². The minimum atomic E-state index is -0.245. The topological polar surface area (TPSA) is 76.1 Å². The van der Waals surface area contributed by atoms with Gasteiger partial charge in [0.05, 0.1) is 7.11 Å². The number of hydrogen-bond donors (Lipinski definition) is 2. The summed E-state index contributed by atoms with van der Waals surface area (Å²) in [6.45, 7) is 6.29. The number of nitrogens with one attached hydrogen (secondary N) is 2. The van der Waals surface area contributed by atoms with Crippen molar-refractivity contribution in [1.29, 1.82) is 0 Å². The summed E-state index contributed by atoms with van der Waals surface area (Å²) in [5, 5.41) is 6.18. The smallest absolute Gasteiger partial charge is 0.270 e. The zero-order chi connectivity index (χ0) is 20.1. The Morgan fingerprint density at radius 1 is 1.04 bits per heavy atom. The molecule has 6 heteroatoms. The third-order valence-electron chi connectivity index (χ3n) is 4.55. The SMILES string of the molecule is COc1ccc(CNC(=O)c2cc(Nc3cccc(C)c3C)nc(C)n2)cc1. The minimum Gasteiger partial charge on any atom is -0.497 e. The van der Waals surface area contributed by atoms with Gasteiger partial charge in [0.2, 0.25) is 0 Å². The molecule has 1 amide bonds. The molecule has 0 atom stereocenters. The van der Waals surface area contributed by atoms with Crippen LogP contribution >= 0.6 is 0 Å². The van der Waals surface area contributed by atoms with Gasteiger partial charge in [-0.05, 0) is 55.7 Å². The summed E-state index contributed by atoms with van der Waals surface area (Å²) in [5.74, 6) is 1.66. The van der Waals surface area contributed by atoms with E-state index in [1.54, 1.807) is 20.1 Å². The standard InChI is InChI=1S/C22H24N4O2/c1-14-6-5-7-19(15(14)2)26-21-12-20(24-16(3)25-21)22(27)23-13-17-8-10-18(28-4)11-9-17/h5-12H,13H2,1-4H3,(H,23,27)(H,24,25,26). The first kappa shape index (κ1) is 19.4. The lowest BCUT2D eigenvalue weighted by atomic mass is 10.1. The monoisotopic (exact) mass is 376 g/mol. The number of rotatable bonds is 6. The Balaban J connectivity index is 1.72. The lowest BCUT2D eigenvalue weighted by molar-refractivity contribution is 0.0945. The summed E-state index contributed by atoms with van der Waals surface area (Å²) in [4.78, 5) is 21.2. The Bertz CT molecular complexity index is 984. The molecule has 0 aliphatic rings. The Hall–Kier alpha value is -3.41. The second kappa shape index (κ2) is 8.52. The van der Waals surface area contributed by atoms with Crippen LogP contribution < -0.4 is 15.4 Å². The zero-order valence-electron chi connectivity index (χ0n) is 16.5. The molecule has 0 saturated heterocycles. The molecule has 144 valence electrons. The first-order valence-electron chi connectivity index (χ1n) is 9.06. The van der Waals surface area contributed by atoms with Crippen LogP contribution in [0.15, 0.2) is 48.5 Å². The molecule has 2 N–H and O–H groups in total. The van der Waals surface area contributed by atoms with Crippen LogP contribution in [0.1, 0.15) is 33.0 Å². The molecule has 0 saturated carbocycles. The van der Waals surface area contributed by atoms with E-state index < -0.39 is 0 Å². The molecule has 0 unspecified atom stereocenters. The molecule has 0 spiro atoms. The second-order valence-electron chi connectivity index (χ2n) is 6.59. The molecular formula is C22H24N4O2. The Morgan fingerprint density at radius 3 is 2.50 bits per heavy atom. The van der Waals surface area contributed by atoms with E-state index in [2.05, 4.69) is 33.6 Å². The highest BCUT2D eigenvalue weighted by atomic mass is 16.5. The molecule has 1 heterocycles. The summed E-state index contributed by atoms with van der Waals surface area (Å²) in [5.41, 5.74) is 4.60. The van der Waals surface area contributed by atoms with E-state index in [-0.39, 0.29) is 5.91 Å². The minimum absolute atomic E-state index is 0.245. The first-order valence-corrected chi connectivity index (χ1v) is 9.06. The summed E-state index contributed by atoms with van der Waals surface area (Å²) in [6, 6.07) is 15.3. The van der Waals surface area contributed by atoms with Crippen molar-refractivity contribution >= 4 is 17.4 Å². The fraction of sp³-hybridized carbons (Fsp3) is 0.227. The van der Waals surface area contributed by atoms with Crippen LogP contribution in [0.4, 0.5) is 11.5 Å². The predicted octanol–water partition coefficient (Wildman–Crippen LogP) is 4.08. The number of amides is 1. The van der Waals surface area contributed by atoms with Crippen molar-refractivity contribution in [2.75, 3.05) is 12.4 Å². The number of anilines is 2. The van der Waals surface area contributed by atoms with E-state index in [4.69, 9.17) is 4.74 Å². The van der Waals surface area contributed by atoms with Gasteiger partial charge in [0.1, 0.15) is 23.1 Å². The van der Waals surface area contributed by atoms with Gasteiger partial charge in [0.25, 0.3) is 5.91 Å². The van der Waals surface area contributed by atoms with E-state index >= 15 is 0 Å². The molecule has 3 aromatic rings. The van der Waals surface area contributed by atoms with Crippen molar-refractivity contribution < 1.29 is 9.53 Å². The molecule has 2 aromatic carbocycles. The molecule has 0 radical (unpaired) electrons. The number of aromatic nitrogens is 2. The summed E-state index contributed by atoms with van der Waals surface area (Å²) in [7, 11) is 1.62. The van der Waals surface area contributed by atoms with Gasteiger partial charge >= 0.3 is 0 Å². The highest BCUT2D eigenvalue weighted by Crippen LogP contribution is 2.22. The van der Waals surface area contributed by atoms with Crippen LogP contribution in [0.25, 0.3) is 0 Å². The number of nitrogens with zero attached hydrogens (tertiary/aromatic N) is 2. The number of benzene rings is 2. The third-order valence-corrected chi connectivity index (χ3v) is 4.55. The average molecular weight is 376 g/mol. The molecule has 3 rings (SSSR count). The van der Waals surface area contributed by atoms with Crippen LogP contribution in [0.5, 0.6) is 5.75 Å². The normalized spacial score (nSPS) is 10.4. The number of hydrogen-bond acceptors (Lipinski definition) is 5. The molecule has 1 aromatic heterocycles.